The number of pyridine rings is 1. The van der Waals surface area contributed by atoms with E-state index in [1.807, 2.05) is 4.57 Å². The van der Waals surface area contributed by atoms with Crippen LogP contribution in [-0.2, 0) is 13.0 Å². The quantitative estimate of drug-likeness (QED) is 0.855. The number of fused-ring (bicyclic) bond motifs is 1. The summed E-state index contributed by atoms with van der Waals surface area (Å²) < 4.78 is 1.96. The van der Waals surface area contributed by atoms with E-state index in [4.69, 9.17) is 23.2 Å². The molecule has 0 aliphatic rings. The predicted octanol–water partition coefficient (Wildman–Crippen LogP) is 2.14. The first-order valence-corrected chi connectivity index (χ1v) is 7.46. The molecule has 8 heteroatoms. The largest absolute Gasteiger partial charge is 0.336 e. The molecule has 6 nitrogen and oxygen atoms in total. The summed E-state index contributed by atoms with van der Waals surface area (Å²) in [4.78, 5) is 21.8. The molecule has 0 aliphatic carbocycles. The average Bonchev–Trinajstić information content (AvgIpc) is 2.76. The molecule has 2 rings (SSSR count). The molecular weight excluding hydrogens is 313 g/mol. The van der Waals surface area contributed by atoms with Gasteiger partial charge in [-0.1, -0.05) is 11.6 Å². The number of nitrogens with one attached hydrogen (secondary N) is 1. The van der Waals surface area contributed by atoms with Crippen molar-refractivity contribution in [2.24, 2.45) is 0 Å². The summed E-state index contributed by atoms with van der Waals surface area (Å²) in [5.41, 5.74) is 1.49. The summed E-state index contributed by atoms with van der Waals surface area (Å²) in [6, 6.07) is 1.64. The topological polar surface area (TPSA) is 63.1 Å². The standard InChI is InChI=1S/C13H17Cl2N5O/c1-19(2)13(21)16-5-6-20-11(3-4-14)18-10-7-9(15)8-17-12(10)20/h7-8H,3-6H2,1-2H3,(H,16,21). The van der Waals surface area contributed by atoms with Gasteiger partial charge in [-0.05, 0) is 6.07 Å². The van der Waals surface area contributed by atoms with Crippen LogP contribution in [0.1, 0.15) is 5.82 Å². The molecule has 2 aromatic rings. The third kappa shape index (κ3) is 3.77. The Kier molecular flexibility index (Phi) is 5.25. The third-order valence-electron chi connectivity index (χ3n) is 2.97. The maximum Gasteiger partial charge on any atom is 0.316 e. The maximum absolute atomic E-state index is 11.5. The van der Waals surface area contributed by atoms with Gasteiger partial charge < -0.3 is 14.8 Å². The van der Waals surface area contributed by atoms with Crippen molar-refractivity contribution in [3.63, 3.8) is 0 Å². The monoisotopic (exact) mass is 329 g/mol. The summed E-state index contributed by atoms with van der Waals surface area (Å²) in [5, 5.41) is 3.36. The van der Waals surface area contributed by atoms with Crippen molar-refractivity contribution in [1.29, 1.82) is 0 Å². The number of urea groups is 1. The lowest BCUT2D eigenvalue weighted by molar-refractivity contribution is 0.217. The number of hydrogen-bond acceptors (Lipinski definition) is 3. The molecule has 1 N–H and O–H groups in total. The molecule has 0 spiro atoms. The van der Waals surface area contributed by atoms with E-state index in [1.165, 1.54) is 4.90 Å². The minimum atomic E-state index is -0.130. The molecule has 0 saturated heterocycles. The highest BCUT2D eigenvalue weighted by atomic mass is 35.5. The van der Waals surface area contributed by atoms with Crippen LogP contribution in [0.5, 0.6) is 0 Å². The summed E-state index contributed by atoms with van der Waals surface area (Å²) in [7, 11) is 3.40. The van der Waals surface area contributed by atoms with Gasteiger partial charge in [-0.15, -0.1) is 11.6 Å². The van der Waals surface area contributed by atoms with Crippen molar-refractivity contribution in [3.05, 3.63) is 23.1 Å². The minimum absolute atomic E-state index is 0.130. The van der Waals surface area contributed by atoms with E-state index in [-0.39, 0.29) is 6.03 Å². The first-order chi connectivity index (χ1) is 10.0. The fraction of sp³-hybridized carbons (Fsp3) is 0.462. The molecule has 2 heterocycles. The Morgan fingerprint density at radius 3 is 2.90 bits per heavy atom. The van der Waals surface area contributed by atoms with Crippen molar-refractivity contribution >= 4 is 40.4 Å². The molecule has 2 aromatic heterocycles. The van der Waals surface area contributed by atoms with Crippen LogP contribution < -0.4 is 5.32 Å². The number of nitrogens with zero attached hydrogens (tertiary/aromatic N) is 4. The van der Waals surface area contributed by atoms with Crippen molar-refractivity contribution < 1.29 is 4.79 Å². The molecule has 0 fully saturated rings. The lowest BCUT2D eigenvalue weighted by Crippen LogP contribution is -2.36. The molecule has 0 bridgehead atoms. The molecule has 21 heavy (non-hydrogen) atoms. The summed E-state index contributed by atoms with van der Waals surface area (Å²) >= 11 is 11.8. The SMILES string of the molecule is CN(C)C(=O)NCCn1c(CCCl)nc2cc(Cl)cnc21. The number of alkyl halides is 1. The van der Waals surface area contributed by atoms with Gasteiger partial charge in [0.1, 0.15) is 11.3 Å². The van der Waals surface area contributed by atoms with Gasteiger partial charge in [-0.3, -0.25) is 0 Å². The zero-order valence-corrected chi connectivity index (χ0v) is 13.4. The van der Waals surface area contributed by atoms with Crippen molar-refractivity contribution in [3.8, 4) is 0 Å². The number of carbonyl (C=O) groups excluding carboxylic acids is 1. The fourth-order valence-corrected chi connectivity index (χ4v) is 2.30. The molecule has 0 aromatic carbocycles. The first kappa shape index (κ1) is 15.9. The Hall–Kier alpha value is -1.53. The van der Waals surface area contributed by atoms with Gasteiger partial charge in [0.15, 0.2) is 5.65 Å². The van der Waals surface area contributed by atoms with Gasteiger partial charge in [-0.2, -0.15) is 0 Å². The second-order valence-electron chi connectivity index (χ2n) is 4.74. The first-order valence-electron chi connectivity index (χ1n) is 6.54. The number of hydrogen-bond donors (Lipinski definition) is 1. The van der Waals surface area contributed by atoms with Gasteiger partial charge in [0.25, 0.3) is 0 Å². The number of aryl methyl sites for hydroxylation is 1. The Labute approximate surface area is 133 Å². The Balaban J connectivity index is 2.20. The van der Waals surface area contributed by atoms with E-state index in [1.54, 1.807) is 26.4 Å². The molecule has 0 atom stereocenters. The van der Waals surface area contributed by atoms with E-state index in [2.05, 4.69) is 15.3 Å². The third-order valence-corrected chi connectivity index (χ3v) is 3.36. The van der Waals surface area contributed by atoms with Crippen LogP contribution in [0, 0.1) is 0 Å². The minimum Gasteiger partial charge on any atom is -0.336 e. The van der Waals surface area contributed by atoms with Crippen LogP contribution in [0.25, 0.3) is 11.2 Å². The van der Waals surface area contributed by atoms with Gasteiger partial charge in [0.05, 0.1) is 5.02 Å². The smallest absolute Gasteiger partial charge is 0.316 e. The highest BCUT2D eigenvalue weighted by Gasteiger charge is 2.12. The van der Waals surface area contributed by atoms with Crippen LogP contribution in [0.15, 0.2) is 12.3 Å². The van der Waals surface area contributed by atoms with Crippen molar-refractivity contribution in [1.82, 2.24) is 24.8 Å². The predicted molar refractivity (Wildman–Crippen MR) is 84.0 cm³/mol. The molecule has 0 saturated carbocycles. The lowest BCUT2D eigenvalue weighted by Gasteiger charge is -2.13. The van der Waals surface area contributed by atoms with Crippen LogP contribution in [0.2, 0.25) is 5.02 Å². The number of rotatable bonds is 5. The van der Waals surface area contributed by atoms with E-state index in [0.29, 0.717) is 30.4 Å². The molecular formula is C13H17Cl2N5O. The summed E-state index contributed by atoms with van der Waals surface area (Å²) in [6.07, 6.45) is 2.22. The zero-order valence-electron chi connectivity index (χ0n) is 11.9. The second-order valence-corrected chi connectivity index (χ2v) is 5.56. The average molecular weight is 330 g/mol. The molecule has 0 radical (unpaired) electrons. The van der Waals surface area contributed by atoms with Crippen LogP contribution in [0.4, 0.5) is 4.79 Å². The van der Waals surface area contributed by atoms with Crippen LogP contribution in [0.3, 0.4) is 0 Å². The fourth-order valence-electron chi connectivity index (χ4n) is 1.98. The number of carbonyl (C=O) groups is 1. The highest BCUT2D eigenvalue weighted by molar-refractivity contribution is 6.31. The molecule has 114 valence electrons. The molecule has 2 amide bonds. The highest BCUT2D eigenvalue weighted by Crippen LogP contribution is 2.18. The number of imidazole rings is 1. The van der Waals surface area contributed by atoms with Crippen LogP contribution in [-0.4, -0.2) is 52.0 Å². The maximum atomic E-state index is 11.5. The summed E-state index contributed by atoms with van der Waals surface area (Å²) in [5.74, 6) is 1.31. The normalized spacial score (nSPS) is 10.9. The number of amides is 2. The van der Waals surface area contributed by atoms with E-state index < -0.39 is 0 Å². The Bertz CT molecular complexity index is 641. The van der Waals surface area contributed by atoms with E-state index in [0.717, 1.165) is 17.0 Å². The Morgan fingerprint density at radius 1 is 1.48 bits per heavy atom. The number of halogens is 2. The Morgan fingerprint density at radius 2 is 2.24 bits per heavy atom. The van der Waals surface area contributed by atoms with E-state index >= 15 is 0 Å². The van der Waals surface area contributed by atoms with E-state index in [9.17, 15) is 4.79 Å². The van der Waals surface area contributed by atoms with Gasteiger partial charge >= 0.3 is 6.03 Å². The van der Waals surface area contributed by atoms with Gasteiger partial charge in [-0.25, -0.2) is 14.8 Å². The zero-order chi connectivity index (χ0) is 15.4. The molecule has 0 unspecified atom stereocenters. The second kappa shape index (κ2) is 6.95. The van der Waals surface area contributed by atoms with Crippen molar-refractivity contribution in [2.75, 3.05) is 26.5 Å². The van der Waals surface area contributed by atoms with Gasteiger partial charge in [0.2, 0.25) is 0 Å². The van der Waals surface area contributed by atoms with Crippen LogP contribution >= 0.6 is 23.2 Å². The summed E-state index contributed by atoms with van der Waals surface area (Å²) in [6.45, 7) is 1.07. The van der Waals surface area contributed by atoms with Gasteiger partial charge in [0, 0.05) is 45.7 Å². The van der Waals surface area contributed by atoms with Crippen molar-refractivity contribution in [2.45, 2.75) is 13.0 Å². The number of aromatic nitrogens is 3. The lowest BCUT2D eigenvalue weighted by atomic mass is 10.4. The molecule has 0 aliphatic heterocycles.